The molecular weight excluding hydrogens is 281 g/mol. The molecule has 4 heteroatoms. The third-order valence-electron chi connectivity index (χ3n) is 3.88. The van der Waals surface area contributed by atoms with E-state index in [0.29, 0.717) is 22.1 Å². The molecule has 1 fully saturated rings. The van der Waals surface area contributed by atoms with Crippen LogP contribution in [0.2, 0.25) is 10.0 Å². The quantitative estimate of drug-likeness (QED) is 0.867. The van der Waals surface area contributed by atoms with Crippen molar-refractivity contribution in [2.24, 2.45) is 5.92 Å². The van der Waals surface area contributed by atoms with E-state index >= 15 is 0 Å². The predicted octanol–water partition coefficient (Wildman–Crippen LogP) is 4.46. The van der Waals surface area contributed by atoms with E-state index in [1.165, 1.54) is 0 Å². The molecule has 3 unspecified atom stereocenters. The minimum absolute atomic E-state index is 0.198. The van der Waals surface area contributed by atoms with E-state index in [-0.39, 0.29) is 6.04 Å². The van der Waals surface area contributed by atoms with Gasteiger partial charge in [0.2, 0.25) is 0 Å². The number of nitrogens with one attached hydrogen (secondary N) is 1. The standard InChI is InChI=1S/C15H21Cl2NO/c1-3-14-11(7-8-19-14)9-18-10(2)12-5-4-6-13(16)15(12)17/h4-6,10-11,14,18H,3,7-9H2,1-2H3. The number of hydrogen-bond donors (Lipinski definition) is 1. The van der Waals surface area contributed by atoms with Crippen LogP contribution in [0.15, 0.2) is 18.2 Å². The summed E-state index contributed by atoms with van der Waals surface area (Å²) in [5, 5.41) is 4.82. The molecule has 3 atom stereocenters. The number of rotatable bonds is 5. The van der Waals surface area contributed by atoms with E-state index in [4.69, 9.17) is 27.9 Å². The summed E-state index contributed by atoms with van der Waals surface area (Å²) in [5.41, 5.74) is 1.06. The van der Waals surface area contributed by atoms with Gasteiger partial charge in [-0.2, -0.15) is 0 Å². The molecule has 1 aromatic rings. The van der Waals surface area contributed by atoms with Gasteiger partial charge < -0.3 is 10.1 Å². The second-order valence-electron chi connectivity index (χ2n) is 5.14. The number of halogens is 2. The average molecular weight is 302 g/mol. The molecule has 0 saturated carbocycles. The topological polar surface area (TPSA) is 21.3 Å². The molecule has 1 aliphatic rings. The van der Waals surface area contributed by atoms with Gasteiger partial charge in [0.25, 0.3) is 0 Å². The van der Waals surface area contributed by atoms with Crippen LogP contribution in [-0.4, -0.2) is 19.3 Å². The maximum absolute atomic E-state index is 6.24. The highest BCUT2D eigenvalue weighted by atomic mass is 35.5. The molecule has 1 N–H and O–H groups in total. The second-order valence-corrected chi connectivity index (χ2v) is 5.92. The van der Waals surface area contributed by atoms with Crippen molar-refractivity contribution in [1.82, 2.24) is 5.32 Å². The summed E-state index contributed by atoms with van der Waals surface area (Å²) in [6.45, 7) is 6.15. The zero-order valence-corrected chi connectivity index (χ0v) is 13.0. The second kappa shape index (κ2) is 6.94. The Labute approximate surface area is 125 Å². The van der Waals surface area contributed by atoms with Crippen molar-refractivity contribution >= 4 is 23.2 Å². The van der Waals surface area contributed by atoms with Gasteiger partial charge in [0.1, 0.15) is 0 Å². The maximum atomic E-state index is 6.24. The molecule has 0 radical (unpaired) electrons. The zero-order valence-electron chi connectivity index (χ0n) is 11.5. The fourth-order valence-electron chi connectivity index (χ4n) is 2.67. The lowest BCUT2D eigenvalue weighted by molar-refractivity contribution is 0.0867. The van der Waals surface area contributed by atoms with Crippen molar-refractivity contribution in [2.75, 3.05) is 13.2 Å². The lowest BCUT2D eigenvalue weighted by atomic mass is 9.98. The first-order valence-electron chi connectivity index (χ1n) is 6.92. The van der Waals surface area contributed by atoms with Crippen molar-refractivity contribution in [3.8, 4) is 0 Å². The summed E-state index contributed by atoms with van der Waals surface area (Å²) in [6, 6.07) is 5.98. The van der Waals surface area contributed by atoms with Crippen LogP contribution in [0.3, 0.4) is 0 Å². The Kier molecular flexibility index (Phi) is 5.52. The number of ether oxygens (including phenoxy) is 1. The minimum atomic E-state index is 0.198. The van der Waals surface area contributed by atoms with Gasteiger partial charge in [-0.3, -0.25) is 0 Å². The van der Waals surface area contributed by atoms with E-state index in [9.17, 15) is 0 Å². The van der Waals surface area contributed by atoms with Crippen molar-refractivity contribution < 1.29 is 4.74 Å². The van der Waals surface area contributed by atoms with Gasteiger partial charge in [0, 0.05) is 19.2 Å². The van der Waals surface area contributed by atoms with Crippen molar-refractivity contribution in [1.29, 1.82) is 0 Å². The lowest BCUT2D eigenvalue weighted by Gasteiger charge is -2.21. The summed E-state index contributed by atoms with van der Waals surface area (Å²) in [6.07, 6.45) is 2.62. The Hall–Kier alpha value is -0.280. The highest BCUT2D eigenvalue weighted by molar-refractivity contribution is 6.42. The first kappa shape index (κ1) is 15.1. The van der Waals surface area contributed by atoms with Gasteiger partial charge in [-0.25, -0.2) is 0 Å². The Balaban J connectivity index is 1.94. The predicted molar refractivity (Wildman–Crippen MR) is 81.0 cm³/mol. The molecule has 2 nitrogen and oxygen atoms in total. The maximum Gasteiger partial charge on any atom is 0.0639 e. The van der Waals surface area contributed by atoms with E-state index < -0.39 is 0 Å². The molecule has 0 amide bonds. The van der Waals surface area contributed by atoms with Crippen LogP contribution in [-0.2, 0) is 4.74 Å². The lowest BCUT2D eigenvalue weighted by Crippen LogP contribution is -2.30. The average Bonchev–Trinajstić information content (AvgIpc) is 2.86. The van der Waals surface area contributed by atoms with Gasteiger partial charge >= 0.3 is 0 Å². The normalized spacial score (nSPS) is 24.6. The summed E-state index contributed by atoms with van der Waals surface area (Å²) in [7, 11) is 0. The van der Waals surface area contributed by atoms with Gasteiger partial charge in [0.15, 0.2) is 0 Å². The van der Waals surface area contributed by atoms with Gasteiger partial charge in [-0.1, -0.05) is 42.3 Å². The van der Waals surface area contributed by atoms with E-state index in [1.807, 2.05) is 18.2 Å². The molecule has 106 valence electrons. The van der Waals surface area contributed by atoms with Crippen molar-refractivity contribution in [3.05, 3.63) is 33.8 Å². The van der Waals surface area contributed by atoms with Crippen LogP contribution >= 0.6 is 23.2 Å². The molecule has 0 aromatic heterocycles. The Morgan fingerprint density at radius 2 is 2.21 bits per heavy atom. The Bertz CT molecular complexity index is 425. The number of hydrogen-bond acceptors (Lipinski definition) is 2. The monoisotopic (exact) mass is 301 g/mol. The molecule has 0 bridgehead atoms. The fourth-order valence-corrected chi connectivity index (χ4v) is 3.14. The molecule has 1 aromatic carbocycles. The van der Waals surface area contributed by atoms with Crippen LogP contribution in [0.5, 0.6) is 0 Å². The number of benzene rings is 1. The van der Waals surface area contributed by atoms with Crippen molar-refractivity contribution in [2.45, 2.75) is 38.8 Å². The van der Waals surface area contributed by atoms with Crippen LogP contribution in [0.25, 0.3) is 0 Å². The summed E-state index contributed by atoms with van der Waals surface area (Å²) in [4.78, 5) is 0. The molecule has 2 rings (SSSR count). The minimum Gasteiger partial charge on any atom is -0.378 e. The first-order valence-corrected chi connectivity index (χ1v) is 7.68. The van der Waals surface area contributed by atoms with Gasteiger partial charge in [-0.05, 0) is 37.3 Å². The highest BCUT2D eigenvalue weighted by Crippen LogP contribution is 2.30. The van der Waals surface area contributed by atoms with Gasteiger partial charge in [-0.15, -0.1) is 0 Å². The summed E-state index contributed by atoms with van der Waals surface area (Å²) < 4.78 is 5.71. The van der Waals surface area contributed by atoms with E-state index in [2.05, 4.69) is 19.2 Å². The molecule has 19 heavy (non-hydrogen) atoms. The first-order chi connectivity index (χ1) is 9.13. The summed E-state index contributed by atoms with van der Waals surface area (Å²) in [5.74, 6) is 0.602. The van der Waals surface area contributed by atoms with Crippen LogP contribution in [0.4, 0.5) is 0 Å². The SMILES string of the molecule is CCC1OCCC1CNC(C)c1cccc(Cl)c1Cl. The third-order valence-corrected chi connectivity index (χ3v) is 4.72. The van der Waals surface area contributed by atoms with Crippen molar-refractivity contribution in [3.63, 3.8) is 0 Å². The van der Waals surface area contributed by atoms with Crippen LogP contribution < -0.4 is 5.32 Å². The third kappa shape index (κ3) is 3.63. The molecule has 1 aliphatic heterocycles. The van der Waals surface area contributed by atoms with Crippen LogP contribution in [0, 0.1) is 5.92 Å². The van der Waals surface area contributed by atoms with Crippen LogP contribution in [0.1, 0.15) is 38.3 Å². The van der Waals surface area contributed by atoms with E-state index in [1.54, 1.807) is 0 Å². The zero-order chi connectivity index (χ0) is 13.8. The molecule has 1 saturated heterocycles. The van der Waals surface area contributed by atoms with Gasteiger partial charge in [0.05, 0.1) is 16.1 Å². The molecule has 1 heterocycles. The van der Waals surface area contributed by atoms with E-state index in [0.717, 1.165) is 31.6 Å². The Morgan fingerprint density at radius 3 is 2.95 bits per heavy atom. The molecule has 0 aliphatic carbocycles. The fraction of sp³-hybridized carbons (Fsp3) is 0.600. The summed E-state index contributed by atoms with van der Waals surface area (Å²) >= 11 is 12.3. The Morgan fingerprint density at radius 1 is 1.42 bits per heavy atom. The smallest absolute Gasteiger partial charge is 0.0639 e. The molecule has 0 spiro atoms. The largest absolute Gasteiger partial charge is 0.378 e. The highest BCUT2D eigenvalue weighted by Gasteiger charge is 2.26. The molecular formula is C15H21Cl2NO.